The maximum Gasteiger partial charge on any atom is 0.146 e. The molecule has 0 aliphatic heterocycles. The van der Waals surface area contributed by atoms with Gasteiger partial charge in [-0.2, -0.15) is 0 Å². The predicted molar refractivity (Wildman–Crippen MR) is 175 cm³/mol. The van der Waals surface area contributed by atoms with Crippen molar-refractivity contribution in [3.63, 3.8) is 0 Å². The van der Waals surface area contributed by atoms with Gasteiger partial charge in [-0.3, -0.25) is 0 Å². The van der Waals surface area contributed by atoms with Crippen molar-refractivity contribution >= 4 is 54.5 Å². The Morgan fingerprint density at radius 3 is 1.60 bits per heavy atom. The van der Waals surface area contributed by atoms with Crippen molar-refractivity contribution in [2.24, 2.45) is 0 Å². The fourth-order valence-electron chi connectivity index (χ4n) is 6.68. The molecule has 0 bridgehead atoms. The number of hydrogen-bond donors (Lipinski definition) is 0. The molecule has 0 radical (unpaired) electrons. The molecule has 196 valence electrons. The molecule has 0 fully saturated rings. The van der Waals surface area contributed by atoms with Crippen LogP contribution >= 0.6 is 0 Å². The molecule has 42 heavy (non-hydrogen) atoms. The third kappa shape index (κ3) is 3.33. The van der Waals surface area contributed by atoms with E-state index in [-0.39, 0.29) is 0 Å². The Morgan fingerprint density at radius 1 is 0.357 bits per heavy atom. The quantitative estimate of drug-likeness (QED) is 0.210. The SMILES string of the molecule is c1ccc(-c2ccc(-c3c4ccccc4c(-c4coc5c4ccc4oc6ccccc6c45)c4ccccc34)cc2)cc1. The van der Waals surface area contributed by atoms with Crippen molar-refractivity contribution in [1.29, 1.82) is 0 Å². The molecule has 0 aliphatic rings. The monoisotopic (exact) mass is 536 g/mol. The molecule has 2 heteroatoms. The van der Waals surface area contributed by atoms with E-state index in [2.05, 4.69) is 121 Å². The minimum atomic E-state index is 0.841. The summed E-state index contributed by atoms with van der Waals surface area (Å²) in [4.78, 5) is 0. The fraction of sp³-hybridized carbons (Fsp3) is 0. The van der Waals surface area contributed by atoms with Crippen LogP contribution in [0.15, 0.2) is 155 Å². The summed E-state index contributed by atoms with van der Waals surface area (Å²) >= 11 is 0. The van der Waals surface area contributed by atoms with E-state index in [4.69, 9.17) is 8.83 Å². The zero-order valence-electron chi connectivity index (χ0n) is 22.7. The first kappa shape index (κ1) is 23.1. The average molecular weight is 537 g/mol. The Hall–Kier alpha value is -5.60. The highest BCUT2D eigenvalue weighted by Crippen LogP contribution is 2.47. The summed E-state index contributed by atoms with van der Waals surface area (Å²) in [5.74, 6) is 0. The van der Waals surface area contributed by atoms with E-state index in [1.807, 2.05) is 24.5 Å². The lowest BCUT2D eigenvalue weighted by atomic mass is 9.85. The van der Waals surface area contributed by atoms with Crippen molar-refractivity contribution in [2.45, 2.75) is 0 Å². The van der Waals surface area contributed by atoms with E-state index < -0.39 is 0 Å². The number of benzene rings is 7. The average Bonchev–Trinajstić information content (AvgIpc) is 3.65. The Balaban J connectivity index is 1.33. The first-order valence-corrected chi connectivity index (χ1v) is 14.3. The topological polar surface area (TPSA) is 26.3 Å². The second-order valence-electron chi connectivity index (χ2n) is 10.8. The molecule has 9 rings (SSSR count). The molecular formula is C40H24O2. The number of rotatable bonds is 3. The zero-order valence-corrected chi connectivity index (χ0v) is 22.7. The highest BCUT2D eigenvalue weighted by molar-refractivity contribution is 6.25. The summed E-state index contributed by atoms with van der Waals surface area (Å²) in [5.41, 5.74) is 9.75. The maximum atomic E-state index is 6.39. The third-order valence-corrected chi connectivity index (χ3v) is 8.56. The Bertz CT molecular complexity index is 2380. The molecule has 2 heterocycles. The lowest BCUT2D eigenvalue weighted by Crippen LogP contribution is -1.90. The van der Waals surface area contributed by atoms with E-state index in [9.17, 15) is 0 Å². The highest BCUT2D eigenvalue weighted by atomic mass is 16.3. The molecule has 2 aromatic heterocycles. The molecule has 0 saturated heterocycles. The molecule has 0 aliphatic carbocycles. The Kier molecular flexibility index (Phi) is 4.93. The minimum absolute atomic E-state index is 0.841. The van der Waals surface area contributed by atoms with Gasteiger partial charge in [-0.05, 0) is 62.0 Å². The van der Waals surface area contributed by atoms with Gasteiger partial charge in [-0.25, -0.2) is 0 Å². The van der Waals surface area contributed by atoms with Crippen LogP contribution < -0.4 is 0 Å². The largest absolute Gasteiger partial charge is 0.463 e. The summed E-state index contributed by atoms with van der Waals surface area (Å²) in [6.45, 7) is 0. The molecule has 9 aromatic rings. The standard InChI is InChI=1S/C40H24O2/c1-2-10-25(11-3-1)26-18-20-27(21-19-26)37-28-12-4-6-14-30(28)38(31-15-7-5-13-29(31)37)34-24-41-40-32(34)22-23-36-39(40)33-16-8-9-17-35(33)42-36/h1-24H. The summed E-state index contributed by atoms with van der Waals surface area (Å²) in [6.07, 6.45) is 1.93. The van der Waals surface area contributed by atoms with Gasteiger partial charge >= 0.3 is 0 Å². The van der Waals surface area contributed by atoms with Crippen molar-refractivity contribution in [2.75, 3.05) is 0 Å². The lowest BCUT2D eigenvalue weighted by Gasteiger charge is -2.17. The molecule has 7 aromatic carbocycles. The van der Waals surface area contributed by atoms with Gasteiger partial charge in [0.25, 0.3) is 0 Å². The van der Waals surface area contributed by atoms with Gasteiger partial charge in [0.1, 0.15) is 16.7 Å². The molecule has 2 nitrogen and oxygen atoms in total. The van der Waals surface area contributed by atoms with Gasteiger partial charge in [0.05, 0.1) is 11.6 Å². The third-order valence-electron chi connectivity index (χ3n) is 8.56. The summed E-state index contributed by atoms with van der Waals surface area (Å²) in [5, 5.41) is 8.05. The molecule has 0 spiro atoms. The molecule has 0 amide bonds. The normalized spacial score (nSPS) is 11.8. The van der Waals surface area contributed by atoms with Gasteiger partial charge in [0.2, 0.25) is 0 Å². The smallest absolute Gasteiger partial charge is 0.146 e. The van der Waals surface area contributed by atoms with Crippen LogP contribution in [0.25, 0.3) is 87.8 Å². The van der Waals surface area contributed by atoms with Gasteiger partial charge in [0.15, 0.2) is 0 Å². The van der Waals surface area contributed by atoms with E-state index in [0.29, 0.717) is 0 Å². The fourth-order valence-corrected chi connectivity index (χ4v) is 6.68. The number of hydrogen-bond acceptors (Lipinski definition) is 2. The van der Waals surface area contributed by atoms with Gasteiger partial charge < -0.3 is 8.83 Å². The Morgan fingerprint density at radius 2 is 0.905 bits per heavy atom. The second-order valence-corrected chi connectivity index (χ2v) is 10.8. The van der Waals surface area contributed by atoms with Crippen molar-refractivity contribution in [3.8, 4) is 33.4 Å². The Labute approximate surface area is 242 Å². The van der Waals surface area contributed by atoms with Gasteiger partial charge in [-0.1, -0.05) is 121 Å². The van der Waals surface area contributed by atoms with Crippen LogP contribution in [0.1, 0.15) is 0 Å². The van der Waals surface area contributed by atoms with Crippen molar-refractivity contribution < 1.29 is 8.83 Å². The summed E-state index contributed by atoms with van der Waals surface area (Å²) in [6, 6.07) is 49.4. The first-order chi connectivity index (χ1) is 20.8. The van der Waals surface area contributed by atoms with E-state index in [1.54, 1.807) is 0 Å². The van der Waals surface area contributed by atoms with Crippen molar-refractivity contribution in [1.82, 2.24) is 0 Å². The first-order valence-electron chi connectivity index (χ1n) is 14.3. The molecule has 0 unspecified atom stereocenters. The van der Waals surface area contributed by atoms with E-state index in [0.717, 1.165) is 38.5 Å². The van der Waals surface area contributed by atoms with Gasteiger partial charge in [-0.15, -0.1) is 0 Å². The van der Waals surface area contributed by atoms with E-state index in [1.165, 1.54) is 49.4 Å². The predicted octanol–water partition coefficient (Wildman–Crippen LogP) is 11.6. The zero-order chi connectivity index (χ0) is 27.6. The van der Waals surface area contributed by atoms with Crippen LogP contribution in [0, 0.1) is 0 Å². The van der Waals surface area contributed by atoms with Crippen LogP contribution in [-0.4, -0.2) is 0 Å². The minimum Gasteiger partial charge on any atom is -0.463 e. The van der Waals surface area contributed by atoms with Crippen LogP contribution in [0.4, 0.5) is 0 Å². The highest BCUT2D eigenvalue weighted by Gasteiger charge is 2.21. The molecule has 0 atom stereocenters. The summed E-state index contributed by atoms with van der Waals surface area (Å²) < 4.78 is 12.5. The number of para-hydroxylation sites is 1. The van der Waals surface area contributed by atoms with Gasteiger partial charge in [0, 0.05) is 21.9 Å². The van der Waals surface area contributed by atoms with Crippen molar-refractivity contribution in [3.05, 3.63) is 146 Å². The van der Waals surface area contributed by atoms with Crippen LogP contribution in [-0.2, 0) is 0 Å². The number of furan rings is 2. The second kappa shape index (κ2) is 8.95. The number of fused-ring (bicyclic) bond motifs is 7. The molecular weight excluding hydrogens is 512 g/mol. The summed E-state index contributed by atoms with van der Waals surface area (Å²) in [7, 11) is 0. The molecule has 0 saturated carbocycles. The van der Waals surface area contributed by atoms with Crippen LogP contribution in [0.2, 0.25) is 0 Å². The van der Waals surface area contributed by atoms with Crippen LogP contribution in [0.5, 0.6) is 0 Å². The lowest BCUT2D eigenvalue weighted by molar-refractivity contribution is 0.619. The molecule has 0 N–H and O–H groups in total. The maximum absolute atomic E-state index is 6.39. The van der Waals surface area contributed by atoms with Crippen LogP contribution in [0.3, 0.4) is 0 Å². The van der Waals surface area contributed by atoms with E-state index >= 15 is 0 Å².